The molecule has 1 aliphatic heterocycles. The van der Waals surface area contributed by atoms with Crippen molar-refractivity contribution in [2.24, 2.45) is 26.7 Å². The molecular formula is C19H30N2O2. The van der Waals surface area contributed by atoms with Crippen LogP contribution in [0.15, 0.2) is 4.99 Å². The summed E-state index contributed by atoms with van der Waals surface area (Å²) in [7, 11) is 0. The first-order chi connectivity index (χ1) is 10.5. The Bertz CT molecular complexity index is 541. The second-order valence-corrected chi connectivity index (χ2v) is 10.4. The second kappa shape index (κ2) is 4.31. The fourth-order valence-electron chi connectivity index (χ4n) is 7.72. The maximum absolute atomic E-state index is 12.6. The van der Waals surface area contributed by atoms with Gasteiger partial charge in [0.15, 0.2) is 6.10 Å². The van der Waals surface area contributed by atoms with Gasteiger partial charge in [0.1, 0.15) is 0 Å². The van der Waals surface area contributed by atoms with Crippen LogP contribution in [0, 0.1) is 21.7 Å². The molecule has 1 heterocycles. The van der Waals surface area contributed by atoms with E-state index in [1.165, 1.54) is 19.3 Å². The van der Waals surface area contributed by atoms with Crippen LogP contribution in [0.5, 0.6) is 0 Å². The van der Waals surface area contributed by atoms with Crippen molar-refractivity contribution in [3.05, 3.63) is 0 Å². The fraction of sp³-hybridized carbons (Fsp3) is 0.895. The minimum atomic E-state index is -0.373. The minimum absolute atomic E-state index is 0.0198. The van der Waals surface area contributed by atoms with Gasteiger partial charge in [-0.05, 0) is 68.6 Å². The molecule has 0 aromatic rings. The first kappa shape index (κ1) is 15.5. The van der Waals surface area contributed by atoms with E-state index in [1.807, 2.05) is 13.8 Å². The van der Waals surface area contributed by atoms with Crippen LogP contribution in [0.4, 0.5) is 0 Å². The van der Waals surface area contributed by atoms with Crippen LogP contribution in [-0.2, 0) is 9.53 Å². The number of nitrogens with zero attached hydrogens (tertiary/aromatic N) is 1. The molecule has 4 heteroatoms. The summed E-state index contributed by atoms with van der Waals surface area (Å²) in [4.78, 5) is 16.8. The van der Waals surface area contributed by atoms with E-state index in [0.29, 0.717) is 22.3 Å². The Kier molecular flexibility index (Phi) is 2.90. The monoisotopic (exact) mass is 318 g/mol. The lowest BCUT2D eigenvalue weighted by molar-refractivity contribution is -0.210. The van der Waals surface area contributed by atoms with Crippen molar-refractivity contribution in [1.82, 2.24) is 5.32 Å². The molecule has 1 atom stereocenters. The van der Waals surface area contributed by atoms with Crippen molar-refractivity contribution in [1.29, 1.82) is 0 Å². The van der Waals surface area contributed by atoms with Crippen molar-refractivity contribution in [2.75, 3.05) is 0 Å². The van der Waals surface area contributed by atoms with E-state index in [-0.39, 0.29) is 23.5 Å². The SMILES string of the molecule is CC(C)NC1=NC(=O)C(C23CC4(C)CC(C)(CC(C)(C4)C2)C3)O1. The maximum atomic E-state index is 12.6. The summed E-state index contributed by atoms with van der Waals surface area (Å²) in [5.41, 5.74) is 1.05. The second-order valence-electron chi connectivity index (χ2n) is 10.4. The third-order valence-electron chi connectivity index (χ3n) is 6.53. The maximum Gasteiger partial charge on any atom is 0.293 e. The number of aliphatic imine (C=N–C) groups is 1. The lowest BCUT2D eigenvalue weighted by Gasteiger charge is -2.69. The zero-order chi connectivity index (χ0) is 16.7. The molecule has 0 radical (unpaired) electrons. The Morgan fingerprint density at radius 2 is 1.48 bits per heavy atom. The van der Waals surface area contributed by atoms with Crippen molar-refractivity contribution >= 4 is 11.9 Å². The van der Waals surface area contributed by atoms with Crippen LogP contribution in [0.1, 0.15) is 73.1 Å². The molecule has 1 unspecified atom stereocenters. The molecule has 0 aromatic heterocycles. The highest BCUT2D eigenvalue weighted by molar-refractivity contribution is 5.99. The summed E-state index contributed by atoms with van der Waals surface area (Å²) in [6.07, 6.45) is 6.88. The lowest BCUT2D eigenvalue weighted by Crippen LogP contribution is -2.63. The molecule has 23 heavy (non-hydrogen) atoms. The molecule has 4 bridgehead atoms. The smallest absolute Gasteiger partial charge is 0.293 e. The van der Waals surface area contributed by atoms with Gasteiger partial charge in [0.2, 0.25) is 0 Å². The van der Waals surface area contributed by atoms with Gasteiger partial charge in [-0.25, -0.2) is 0 Å². The summed E-state index contributed by atoms with van der Waals surface area (Å²) in [6, 6.07) is 0.662. The van der Waals surface area contributed by atoms with Gasteiger partial charge < -0.3 is 10.1 Å². The van der Waals surface area contributed by atoms with Gasteiger partial charge >= 0.3 is 0 Å². The van der Waals surface area contributed by atoms with E-state index >= 15 is 0 Å². The molecule has 4 nitrogen and oxygen atoms in total. The third-order valence-corrected chi connectivity index (χ3v) is 6.53. The molecule has 4 saturated carbocycles. The number of rotatable bonds is 2. The first-order valence-corrected chi connectivity index (χ1v) is 9.10. The molecule has 4 aliphatic carbocycles. The largest absolute Gasteiger partial charge is 0.451 e. The highest BCUT2D eigenvalue weighted by atomic mass is 16.5. The van der Waals surface area contributed by atoms with Crippen molar-refractivity contribution in [2.45, 2.75) is 85.3 Å². The van der Waals surface area contributed by atoms with Gasteiger partial charge in [-0.1, -0.05) is 20.8 Å². The van der Waals surface area contributed by atoms with Crippen LogP contribution in [0.3, 0.4) is 0 Å². The number of ether oxygens (including phenoxy) is 1. The van der Waals surface area contributed by atoms with E-state index in [0.717, 1.165) is 19.3 Å². The summed E-state index contributed by atoms with van der Waals surface area (Å²) >= 11 is 0. The molecule has 0 saturated heterocycles. The summed E-state index contributed by atoms with van der Waals surface area (Å²) in [5.74, 6) is -0.0640. The number of hydrogen-bond donors (Lipinski definition) is 1. The predicted molar refractivity (Wildman–Crippen MR) is 90.0 cm³/mol. The van der Waals surface area contributed by atoms with Gasteiger partial charge in [0, 0.05) is 11.5 Å². The average Bonchev–Trinajstić information content (AvgIpc) is 2.63. The van der Waals surface area contributed by atoms with Crippen molar-refractivity contribution in [3.63, 3.8) is 0 Å². The molecule has 1 amide bonds. The fourth-order valence-corrected chi connectivity index (χ4v) is 7.72. The number of carbonyl (C=O) groups excluding carboxylic acids is 1. The topological polar surface area (TPSA) is 50.7 Å². The number of amides is 1. The zero-order valence-electron chi connectivity index (χ0n) is 15.2. The van der Waals surface area contributed by atoms with Crippen LogP contribution in [-0.4, -0.2) is 24.1 Å². The number of amidine groups is 1. The Hall–Kier alpha value is -1.06. The summed E-state index contributed by atoms with van der Waals surface area (Å²) in [6.45, 7) is 11.4. The Morgan fingerprint density at radius 1 is 1.00 bits per heavy atom. The normalized spacial score (nSPS) is 51.1. The zero-order valence-corrected chi connectivity index (χ0v) is 15.2. The van der Waals surface area contributed by atoms with Crippen LogP contribution < -0.4 is 5.32 Å². The molecule has 5 rings (SSSR count). The number of carbonyl (C=O) groups is 1. The van der Waals surface area contributed by atoms with E-state index in [1.54, 1.807) is 0 Å². The van der Waals surface area contributed by atoms with Gasteiger partial charge in [0.05, 0.1) is 0 Å². The Morgan fingerprint density at radius 3 is 1.91 bits per heavy atom. The standard InChI is InChI=1S/C19H30N2O2/c1-12(2)20-15-21-14(22)13(23-15)19-9-16(3)6-17(4,10-19)8-18(5,7-16)11-19/h12-13H,6-11H2,1-5H3,(H,20,21,22). The molecule has 1 N–H and O–H groups in total. The molecular weight excluding hydrogens is 288 g/mol. The number of hydrogen-bond acceptors (Lipinski definition) is 3. The molecule has 128 valence electrons. The Labute approximate surface area is 139 Å². The van der Waals surface area contributed by atoms with E-state index in [9.17, 15) is 4.79 Å². The van der Waals surface area contributed by atoms with Crippen LogP contribution in [0.25, 0.3) is 0 Å². The third kappa shape index (κ3) is 2.32. The van der Waals surface area contributed by atoms with Gasteiger partial charge in [-0.2, -0.15) is 4.99 Å². The van der Waals surface area contributed by atoms with Gasteiger partial charge in [-0.15, -0.1) is 0 Å². The average molecular weight is 318 g/mol. The summed E-state index contributed by atoms with van der Waals surface area (Å²) < 4.78 is 6.09. The van der Waals surface area contributed by atoms with Crippen molar-refractivity contribution in [3.8, 4) is 0 Å². The summed E-state index contributed by atoms with van der Waals surface area (Å²) in [5, 5.41) is 3.17. The molecule has 5 aliphatic rings. The van der Waals surface area contributed by atoms with Crippen molar-refractivity contribution < 1.29 is 9.53 Å². The van der Waals surface area contributed by atoms with E-state index in [4.69, 9.17) is 4.74 Å². The quantitative estimate of drug-likeness (QED) is 0.845. The lowest BCUT2D eigenvalue weighted by atomic mass is 9.35. The van der Waals surface area contributed by atoms with Crippen LogP contribution >= 0.6 is 0 Å². The number of nitrogens with one attached hydrogen (secondary N) is 1. The van der Waals surface area contributed by atoms with Crippen LogP contribution in [0.2, 0.25) is 0 Å². The first-order valence-electron chi connectivity index (χ1n) is 9.10. The predicted octanol–water partition coefficient (Wildman–Crippen LogP) is 3.65. The molecule has 0 spiro atoms. The highest BCUT2D eigenvalue weighted by Gasteiger charge is 2.68. The minimum Gasteiger partial charge on any atom is -0.451 e. The highest BCUT2D eigenvalue weighted by Crippen LogP contribution is 2.74. The molecule has 4 fully saturated rings. The van der Waals surface area contributed by atoms with E-state index in [2.05, 4.69) is 31.1 Å². The van der Waals surface area contributed by atoms with Gasteiger partial charge in [0.25, 0.3) is 11.9 Å². The Balaban J connectivity index is 1.66. The van der Waals surface area contributed by atoms with E-state index < -0.39 is 0 Å². The van der Waals surface area contributed by atoms with Gasteiger partial charge in [-0.3, -0.25) is 4.79 Å². The molecule has 0 aromatic carbocycles.